The van der Waals surface area contributed by atoms with Crippen LogP contribution in [0.1, 0.15) is 0 Å². The Hall–Kier alpha value is -6.79. The van der Waals surface area contributed by atoms with Gasteiger partial charge in [0.05, 0.1) is 11.4 Å². The van der Waals surface area contributed by atoms with Crippen LogP contribution in [0, 0.1) is 0 Å². The molecule has 0 bridgehead atoms. The molecular formula is C43H27N5O. The number of rotatable bonds is 6. The third-order valence-corrected chi connectivity index (χ3v) is 8.55. The molecule has 0 aliphatic carbocycles. The van der Waals surface area contributed by atoms with Crippen molar-refractivity contribution in [3.05, 3.63) is 164 Å². The molecule has 0 amide bonds. The Morgan fingerprint density at radius 3 is 1.24 bits per heavy atom. The van der Waals surface area contributed by atoms with Crippen LogP contribution in [-0.2, 0) is 0 Å². The highest BCUT2D eigenvalue weighted by Gasteiger charge is 2.16. The maximum Gasteiger partial charge on any atom is 0.164 e. The van der Waals surface area contributed by atoms with Gasteiger partial charge in [0.2, 0.25) is 0 Å². The van der Waals surface area contributed by atoms with Crippen molar-refractivity contribution in [3.8, 4) is 68.1 Å². The zero-order valence-corrected chi connectivity index (χ0v) is 26.2. The van der Waals surface area contributed by atoms with E-state index in [1.165, 1.54) is 0 Å². The molecule has 49 heavy (non-hydrogen) atoms. The number of nitrogens with zero attached hydrogens (tertiary/aromatic N) is 5. The fourth-order valence-electron chi connectivity index (χ4n) is 6.08. The van der Waals surface area contributed by atoms with Crippen LogP contribution >= 0.6 is 0 Å². The first-order chi connectivity index (χ1) is 24.2. The standard InChI is InChI=1S/C43H27N5O/c1-5-13-28(14-6-1)36-27-37(29-15-7-2-8-16-29)45-42(44-36)33-21-23-34-35-25-32(22-24-38(35)49-39(34)26-33)43-47-40(30-17-9-3-10-18-30)46-41(48-43)31-19-11-4-12-20-31/h1-27H. The molecule has 6 nitrogen and oxygen atoms in total. The van der Waals surface area contributed by atoms with E-state index in [0.717, 1.165) is 66.7 Å². The van der Waals surface area contributed by atoms with E-state index in [1.54, 1.807) is 0 Å². The van der Waals surface area contributed by atoms with E-state index in [2.05, 4.69) is 42.5 Å². The number of furan rings is 1. The van der Waals surface area contributed by atoms with E-state index < -0.39 is 0 Å². The van der Waals surface area contributed by atoms with Gasteiger partial charge in [-0.25, -0.2) is 24.9 Å². The van der Waals surface area contributed by atoms with E-state index in [0.29, 0.717) is 23.3 Å². The Bertz CT molecular complexity index is 2470. The summed E-state index contributed by atoms with van der Waals surface area (Å²) in [6.07, 6.45) is 0. The minimum Gasteiger partial charge on any atom is -0.456 e. The summed E-state index contributed by atoms with van der Waals surface area (Å²) in [5, 5.41) is 1.97. The van der Waals surface area contributed by atoms with E-state index in [1.807, 2.05) is 121 Å². The molecule has 0 N–H and O–H groups in total. The second-order valence-electron chi connectivity index (χ2n) is 11.8. The van der Waals surface area contributed by atoms with Crippen LogP contribution in [0.2, 0.25) is 0 Å². The van der Waals surface area contributed by atoms with Gasteiger partial charge in [-0.05, 0) is 36.4 Å². The van der Waals surface area contributed by atoms with Gasteiger partial charge < -0.3 is 4.42 Å². The molecule has 6 aromatic carbocycles. The highest BCUT2D eigenvalue weighted by atomic mass is 16.3. The van der Waals surface area contributed by atoms with Crippen molar-refractivity contribution < 1.29 is 4.42 Å². The van der Waals surface area contributed by atoms with E-state index in [9.17, 15) is 0 Å². The summed E-state index contributed by atoms with van der Waals surface area (Å²) >= 11 is 0. The lowest BCUT2D eigenvalue weighted by atomic mass is 10.1. The van der Waals surface area contributed by atoms with Gasteiger partial charge in [0.15, 0.2) is 23.3 Å². The molecule has 0 saturated heterocycles. The van der Waals surface area contributed by atoms with Crippen molar-refractivity contribution in [1.82, 2.24) is 24.9 Å². The van der Waals surface area contributed by atoms with Crippen LogP contribution in [-0.4, -0.2) is 24.9 Å². The molecule has 0 saturated carbocycles. The van der Waals surface area contributed by atoms with Crippen LogP contribution in [0.3, 0.4) is 0 Å². The number of aromatic nitrogens is 5. The number of fused-ring (bicyclic) bond motifs is 3. The van der Waals surface area contributed by atoms with Gasteiger partial charge in [0.1, 0.15) is 11.2 Å². The van der Waals surface area contributed by atoms with Crippen LogP contribution in [0.25, 0.3) is 90.0 Å². The predicted molar refractivity (Wildman–Crippen MR) is 195 cm³/mol. The van der Waals surface area contributed by atoms with Gasteiger partial charge in [-0.3, -0.25) is 0 Å². The normalized spacial score (nSPS) is 11.3. The van der Waals surface area contributed by atoms with Crippen LogP contribution in [0.5, 0.6) is 0 Å². The molecular weight excluding hydrogens is 603 g/mol. The fourth-order valence-corrected chi connectivity index (χ4v) is 6.08. The zero-order valence-electron chi connectivity index (χ0n) is 26.2. The lowest BCUT2D eigenvalue weighted by Gasteiger charge is -2.09. The quantitative estimate of drug-likeness (QED) is 0.182. The Balaban J connectivity index is 1.15. The first-order valence-electron chi connectivity index (χ1n) is 16.1. The molecule has 0 atom stereocenters. The second kappa shape index (κ2) is 12.1. The Morgan fingerprint density at radius 2 is 0.714 bits per heavy atom. The third kappa shape index (κ3) is 5.51. The molecule has 0 radical (unpaired) electrons. The smallest absolute Gasteiger partial charge is 0.164 e. The highest BCUT2D eigenvalue weighted by molar-refractivity contribution is 6.07. The fraction of sp³-hybridized carbons (Fsp3) is 0. The Labute approximate surface area is 282 Å². The summed E-state index contributed by atoms with van der Waals surface area (Å²) in [4.78, 5) is 24.7. The van der Waals surface area contributed by atoms with E-state index in [-0.39, 0.29) is 0 Å². The van der Waals surface area contributed by atoms with Crippen LogP contribution in [0.4, 0.5) is 0 Å². The summed E-state index contributed by atoms with van der Waals surface area (Å²) in [6.45, 7) is 0. The minimum absolute atomic E-state index is 0.597. The van der Waals surface area contributed by atoms with Crippen molar-refractivity contribution >= 4 is 21.9 Å². The van der Waals surface area contributed by atoms with Gasteiger partial charge >= 0.3 is 0 Å². The molecule has 0 fully saturated rings. The molecule has 230 valence electrons. The summed E-state index contributed by atoms with van der Waals surface area (Å²) in [5.74, 6) is 2.48. The second-order valence-corrected chi connectivity index (χ2v) is 11.8. The van der Waals surface area contributed by atoms with E-state index in [4.69, 9.17) is 29.3 Å². The average molecular weight is 630 g/mol. The SMILES string of the molecule is c1ccc(-c2cc(-c3ccccc3)nc(-c3ccc4c(c3)oc3ccc(-c5nc(-c6ccccc6)nc(-c6ccccc6)n5)cc34)n2)cc1. The van der Waals surface area contributed by atoms with Crippen molar-refractivity contribution in [2.24, 2.45) is 0 Å². The summed E-state index contributed by atoms with van der Waals surface area (Å²) in [7, 11) is 0. The van der Waals surface area contributed by atoms with E-state index >= 15 is 0 Å². The van der Waals surface area contributed by atoms with Crippen molar-refractivity contribution in [1.29, 1.82) is 0 Å². The number of benzene rings is 6. The minimum atomic E-state index is 0.597. The first kappa shape index (κ1) is 28.4. The summed E-state index contributed by atoms with van der Waals surface area (Å²) in [6, 6.07) is 54.7. The maximum absolute atomic E-state index is 6.41. The maximum atomic E-state index is 6.41. The molecule has 0 spiro atoms. The van der Waals surface area contributed by atoms with Gasteiger partial charge in [-0.1, -0.05) is 127 Å². The van der Waals surface area contributed by atoms with Crippen molar-refractivity contribution in [2.75, 3.05) is 0 Å². The summed E-state index contributed by atoms with van der Waals surface area (Å²) < 4.78 is 6.41. The zero-order chi connectivity index (χ0) is 32.6. The summed E-state index contributed by atoms with van der Waals surface area (Å²) in [5.41, 5.74) is 8.93. The van der Waals surface area contributed by atoms with Gasteiger partial charge in [0.25, 0.3) is 0 Å². The van der Waals surface area contributed by atoms with Gasteiger partial charge in [0, 0.05) is 44.2 Å². The number of hydrogen-bond donors (Lipinski definition) is 0. The predicted octanol–water partition coefficient (Wildman–Crippen LogP) is 10.6. The van der Waals surface area contributed by atoms with Gasteiger partial charge in [-0.2, -0.15) is 0 Å². The molecule has 3 aromatic heterocycles. The molecule has 3 heterocycles. The van der Waals surface area contributed by atoms with Crippen molar-refractivity contribution in [2.45, 2.75) is 0 Å². The topological polar surface area (TPSA) is 77.6 Å². The third-order valence-electron chi connectivity index (χ3n) is 8.55. The number of hydrogen-bond acceptors (Lipinski definition) is 6. The molecule has 9 rings (SSSR count). The van der Waals surface area contributed by atoms with Crippen molar-refractivity contribution in [3.63, 3.8) is 0 Å². The molecule has 0 unspecified atom stereocenters. The average Bonchev–Trinajstić information content (AvgIpc) is 3.56. The highest BCUT2D eigenvalue weighted by Crippen LogP contribution is 2.35. The van der Waals surface area contributed by atoms with Crippen LogP contribution in [0.15, 0.2) is 168 Å². The van der Waals surface area contributed by atoms with Gasteiger partial charge in [-0.15, -0.1) is 0 Å². The molecule has 0 aliphatic heterocycles. The molecule has 9 aromatic rings. The molecule has 0 aliphatic rings. The Morgan fingerprint density at radius 1 is 0.286 bits per heavy atom. The first-order valence-corrected chi connectivity index (χ1v) is 16.1. The lowest BCUT2D eigenvalue weighted by molar-refractivity contribution is 0.669. The molecule has 6 heteroatoms. The monoisotopic (exact) mass is 629 g/mol. The largest absolute Gasteiger partial charge is 0.456 e. The lowest BCUT2D eigenvalue weighted by Crippen LogP contribution is -2.00. The van der Waals surface area contributed by atoms with Crippen LogP contribution < -0.4 is 0 Å². The Kier molecular flexibility index (Phi) is 7.02.